The molecule has 1 heterocycles. The van der Waals surface area contributed by atoms with E-state index in [9.17, 15) is 13.2 Å². The lowest BCUT2D eigenvalue weighted by atomic mass is 10.3. The van der Waals surface area contributed by atoms with Gasteiger partial charge in [0, 0.05) is 5.92 Å². The number of nitrogens with zero attached hydrogens (tertiary/aromatic N) is 1. The molecule has 0 bridgehead atoms. The number of amides is 1. The average molecular weight is 361 g/mol. The van der Waals surface area contributed by atoms with Crippen molar-refractivity contribution in [3.63, 3.8) is 0 Å². The van der Waals surface area contributed by atoms with Crippen LogP contribution < -0.4 is 10.1 Å². The van der Waals surface area contributed by atoms with Crippen LogP contribution in [0.1, 0.15) is 30.8 Å². The second-order valence-corrected chi connectivity index (χ2v) is 7.76. The summed E-state index contributed by atoms with van der Waals surface area (Å²) in [5.74, 6) is 2.02. The van der Waals surface area contributed by atoms with Gasteiger partial charge in [-0.1, -0.05) is 25.1 Å². The van der Waals surface area contributed by atoms with E-state index in [4.69, 9.17) is 4.42 Å². The van der Waals surface area contributed by atoms with Crippen molar-refractivity contribution in [3.8, 4) is 0 Å². The summed E-state index contributed by atoms with van der Waals surface area (Å²) in [6.07, 6.45) is 2.52. The zero-order chi connectivity index (χ0) is 17.9. The maximum absolute atomic E-state index is 12.0. The highest BCUT2D eigenvalue weighted by Gasteiger charge is 2.36. The van der Waals surface area contributed by atoms with Crippen LogP contribution in [0, 0.1) is 5.92 Å². The maximum atomic E-state index is 12.0. The number of furan rings is 1. The maximum Gasteiger partial charge on any atom is 0.255 e. The first-order valence-corrected chi connectivity index (χ1v) is 9.40. The van der Waals surface area contributed by atoms with Crippen LogP contribution >= 0.6 is 0 Å². The molecule has 25 heavy (non-hydrogen) atoms. The fraction of sp³-hybridized carbons (Fsp3) is 0.294. The lowest BCUT2D eigenvalue weighted by Gasteiger charge is -2.05. The minimum absolute atomic E-state index is 0.101. The molecule has 8 heteroatoms. The zero-order valence-corrected chi connectivity index (χ0v) is 14.5. The number of sulfonamides is 1. The first-order chi connectivity index (χ1) is 12.0. The molecular formula is C17H19N3O4S. The molecule has 1 aliphatic rings. The number of nitrogens with one attached hydrogen (secondary N) is 2. The molecular weight excluding hydrogens is 342 g/mol. The molecule has 1 amide bonds. The Morgan fingerprint density at radius 3 is 2.68 bits per heavy atom. The van der Waals surface area contributed by atoms with E-state index in [0.717, 1.165) is 12.2 Å². The van der Waals surface area contributed by atoms with Crippen LogP contribution in [0.2, 0.25) is 0 Å². The molecule has 2 aromatic rings. The van der Waals surface area contributed by atoms with E-state index in [2.05, 4.69) is 22.2 Å². The van der Waals surface area contributed by atoms with Gasteiger partial charge in [0.1, 0.15) is 11.5 Å². The second-order valence-electron chi connectivity index (χ2n) is 5.99. The number of rotatable bonds is 7. The molecule has 2 atom stereocenters. The average Bonchev–Trinajstić information content (AvgIpc) is 3.15. The van der Waals surface area contributed by atoms with Crippen molar-refractivity contribution < 1.29 is 17.6 Å². The number of benzene rings is 1. The highest BCUT2D eigenvalue weighted by atomic mass is 32.2. The van der Waals surface area contributed by atoms with E-state index in [0.29, 0.717) is 17.6 Å². The summed E-state index contributed by atoms with van der Waals surface area (Å²) in [6, 6.07) is 11.5. The Kier molecular flexibility index (Phi) is 5.00. The summed E-state index contributed by atoms with van der Waals surface area (Å²) in [6.45, 7) is 1.76. The smallest absolute Gasteiger partial charge is 0.255 e. The van der Waals surface area contributed by atoms with Crippen molar-refractivity contribution in [1.29, 1.82) is 0 Å². The highest BCUT2D eigenvalue weighted by molar-refractivity contribution is 7.89. The van der Waals surface area contributed by atoms with Gasteiger partial charge in [0.05, 0.1) is 17.7 Å². The molecule has 1 saturated carbocycles. The van der Waals surface area contributed by atoms with Gasteiger partial charge in [0.25, 0.3) is 5.91 Å². The Labute approximate surface area is 146 Å². The summed E-state index contributed by atoms with van der Waals surface area (Å²) in [4.78, 5) is 11.8. The SMILES string of the molecule is C[C@@H]1C[C@H]1c1ccc(/C=N\NC(=O)CNS(=O)(=O)c2ccccc2)o1. The molecule has 3 rings (SSSR count). The lowest BCUT2D eigenvalue weighted by molar-refractivity contribution is -0.119. The molecule has 132 valence electrons. The van der Waals surface area contributed by atoms with E-state index in [1.165, 1.54) is 18.3 Å². The van der Waals surface area contributed by atoms with E-state index >= 15 is 0 Å². The Morgan fingerprint density at radius 2 is 2.00 bits per heavy atom. The third-order valence-electron chi connectivity index (χ3n) is 3.98. The van der Waals surface area contributed by atoms with Crippen LogP contribution in [0.5, 0.6) is 0 Å². The molecule has 0 aliphatic heterocycles. The summed E-state index contributed by atoms with van der Waals surface area (Å²) in [5.41, 5.74) is 2.26. The predicted molar refractivity (Wildman–Crippen MR) is 92.6 cm³/mol. The second kappa shape index (κ2) is 7.20. The van der Waals surface area contributed by atoms with Crippen LogP contribution in [0.4, 0.5) is 0 Å². The van der Waals surface area contributed by atoms with Gasteiger partial charge in [-0.15, -0.1) is 0 Å². The van der Waals surface area contributed by atoms with Crippen molar-refractivity contribution in [2.75, 3.05) is 6.54 Å². The summed E-state index contributed by atoms with van der Waals surface area (Å²) >= 11 is 0. The van der Waals surface area contributed by atoms with E-state index in [1.54, 1.807) is 24.3 Å². The summed E-state index contributed by atoms with van der Waals surface area (Å²) < 4.78 is 31.8. The lowest BCUT2D eigenvalue weighted by Crippen LogP contribution is -2.34. The molecule has 1 aromatic carbocycles. The Morgan fingerprint density at radius 1 is 1.28 bits per heavy atom. The molecule has 0 unspecified atom stereocenters. The molecule has 1 fully saturated rings. The van der Waals surface area contributed by atoms with Gasteiger partial charge in [0.15, 0.2) is 0 Å². The standard InChI is InChI=1S/C17H19N3O4S/c1-12-9-15(12)16-8-7-13(24-16)10-18-20-17(21)11-19-25(22,23)14-5-3-2-4-6-14/h2-8,10,12,15,19H,9,11H2,1H3,(H,20,21)/b18-10-/t12-,15-/m1/s1. The first kappa shape index (κ1) is 17.4. The minimum atomic E-state index is -3.72. The molecule has 2 N–H and O–H groups in total. The molecule has 0 spiro atoms. The molecule has 0 radical (unpaired) electrons. The van der Waals surface area contributed by atoms with Gasteiger partial charge in [-0.05, 0) is 36.6 Å². The Hall–Kier alpha value is -2.45. The fourth-order valence-corrected chi connectivity index (χ4v) is 3.41. The van der Waals surface area contributed by atoms with Crippen LogP contribution in [0.25, 0.3) is 0 Å². The predicted octanol–water partition coefficient (Wildman–Crippen LogP) is 1.83. The van der Waals surface area contributed by atoms with Crippen molar-refractivity contribution in [2.24, 2.45) is 11.0 Å². The molecule has 7 nitrogen and oxygen atoms in total. The highest BCUT2D eigenvalue weighted by Crippen LogP contribution is 2.47. The van der Waals surface area contributed by atoms with Gasteiger partial charge in [-0.2, -0.15) is 5.10 Å². The van der Waals surface area contributed by atoms with Crippen molar-refractivity contribution >= 4 is 22.1 Å². The Balaban J connectivity index is 1.47. The minimum Gasteiger partial charge on any atom is -0.460 e. The fourth-order valence-electron chi connectivity index (χ4n) is 2.41. The topological polar surface area (TPSA) is 101 Å². The normalized spacial score (nSPS) is 19.9. The zero-order valence-electron chi connectivity index (χ0n) is 13.7. The van der Waals surface area contributed by atoms with E-state index in [1.807, 2.05) is 6.07 Å². The van der Waals surface area contributed by atoms with Crippen LogP contribution in [-0.2, 0) is 14.8 Å². The first-order valence-electron chi connectivity index (χ1n) is 7.92. The van der Waals surface area contributed by atoms with Crippen LogP contribution in [0.15, 0.2) is 56.9 Å². The van der Waals surface area contributed by atoms with Gasteiger partial charge in [0.2, 0.25) is 10.0 Å². The molecule has 0 saturated heterocycles. The van der Waals surface area contributed by atoms with Crippen molar-refractivity contribution in [2.45, 2.75) is 24.2 Å². The third kappa shape index (κ3) is 4.55. The number of carbonyl (C=O) groups excluding carboxylic acids is 1. The van der Waals surface area contributed by atoms with E-state index < -0.39 is 22.5 Å². The van der Waals surface area contributed by atoms with Crippen molar-refractivity contribution in [1.82, 2.24) is 10.1 Å². The number of hydrogen-bond donors (Lipinski definition) is 2. The Bertz CT molecular complexity index is 874. The van der Waals surface area contributed by atoms with Crippen LogP contribution in [0.3, 0.4) is 0 Å². The molecule has 1 aliphatic carbocycles. The molecule has 1 aromatic heterocycles. The van der Waals surface area contributed by atoms with Crippen molar-refractivity contribution in [3.05, 3.63) is 54.0 Å². The number of hydrogen-bond acceptors (Lipinski definition) is 5. The quantitative estimate of drug-likeness (QED) is 0.580. The largest absolute Gasteiger partial charge is 0.460 e. The number of carbonyl (C=O) groups is 1. The van der Waals surface area contributed by atoms with E-state index in [-0.39, 0.29) is 4.90 Å². The summed E-state index contributed by atoms with van der Waals surface area (Å²) in [5, 5.41) is 3.77. The summed E-state index contributed by atoms with van der Waals surface area (Å²) in [7, 11) is -3.72. The van der Waals surface area contributed by atoms with Crippen LogP contribution in [-0.4, -0.2) is 27.1 Å². The van der Waals surface area contributed by atoms with Gasteiger partial charge in [-0.3, -0.25) is 4.79 Å². The van der Waals surface area contributed by atoms with Gasteiger partial charge in [-0.25, -0.2) is 18.6 Å². The van der Waals surface area contributed by atoms with Gasteiger partial charge < -0.3 is 4.42 Å². The third-order valence-corrected chi connectivity index (χ3v) is 5.40. The van der Waals surface area contributed by atoms with Gasteiger partial charge >= 0.3 is 0 Å². The number of hydrazone groups is 1. The monoisotopic (exact) mass is 361 g/mol.